The van der Waals surface area contributed by atoms with Crippen molar-refractivity contribution in [3.05, 3.63) is 150 Å². The summed E-state index contributed by atoms with van der Waals surface area (Å²) in [5.74, 6) is -0.530. The molecule has 12 heteroatoms. The van der Waals surface area contributed by atoms with Crippen molar-refractivity contribution >= 4 is 25.4 Å². The van der Waals surface area contributed by atoms with E-state index < -0.39 is 36.0 Å². The zero-order valence-electron chi connectivity index (χ0n) is 35.4. The molecule has 8 atom stereocenters. The van der Waals surface area contributed by atoms with Crippen molar-refractivity contribution in [2.45, 2.75) is 99.7 Å². The third-order valence-electron chi connectivity index (χ3n) is 10.8. The molecule has 2 heterocycles. The molecule has 4 aromatic rings. The quantitative estimate of drug-likeness (QED) is 0.0183. The van der Waals surface area contributed by atoms with Crippen LogP contribution in [0.15, 0.2) is 134 Å². The maximum atomic E-state index is 12.3. The zero-order chi connectivity index (χ0) is 42.5. The number of hydrogen-bond acceptors (Lipinski definition) is 11. The molecule has 2 aliphatic heterocycles. The normalized spacial score (nSPS) is 24.0. The van der Waals surface area contributed by atoms with Gasteiger partial charge >= 0.3 is 356 Å². The molecule has 0 spiro atoms. The molecule has 4 aromatic carbocycles. The first-order chi connectivity index (χ1) is 29.9. The molecule has 0 amide bonds. The first-order valence-corrected chi connectivity index (χ1v) is 22.8. The molecule has 0 aromatic heterocycles. The van der Waals surface area contributed by atoms with Gasteiger partial charge in [0.15, 0.2) is 0 Å². The number of rotatable bonds is 24. The third kappa shape index (κ3) is 14.9. The van der Waals surface area contributed by atoms with E-state index >= 15 is 0 Å². The van der Waals surface area contributed by atoms with Gasteiger partial charge in [-0.15, -0.1) is 0 Å². The van der Waals surface area contributed by atoms with Gasteiger partial charge in [0.2, 0.25) is 0 Å². The van der Waals surface area contributed by atoms with E-state index in [-0.39, 0.29) is 45.6 Å². The van der Waals surface area contributed by atoms with Crippen molar-refractivity contribution in [1.29, 1.82) is 0 Å². The van der Waals surface area contributed by atoms with Crippen LogP contribution in [0.5, 0.6) is 0 Å². The predicted molar refractivity (Wildman–Crippen MR) is 232 cm³/mol. The van der Waals surface area contributed by atoms with Crippen LogP contribution in [-0.2, 0) is 72.0 Å². The van der Waals surface area contributed by atoms with E-state index in [2.05, 4.69) is 24.3 Å². The molecule has 6 rings (SSSR count). The Morgan fingerprint density at radius 1 is 0.787 bits per heavy atom. The van der Waals surface area contributed by atoms with Crippen LogP contribution in [0.25, 0.3) is 0 Å². The standard InChI is InChI=1S/C49H60O11Se/c1-49(45(56-28-26-47(50)52-3)29-42(57-32-38-19-10-5-11-20-38)44(60-49)35-53-31-37-17-8-4-9-18-37)46(58-33-39-21-12-6-13-22-39)30-48(61-40-23-14-7-15-24-40)59-41-25-16-27-55-43(41)34-54-36-51-2/h4-15,17-24,26,28,41-46,48H,16,25,27,29-36H2,1-3H3/b28-26+/t41-,42-,43+,44+,45+,46+,48-,49+/m0/s1. The topological polar surface area (TPSA) is 109 Å². The molecule has 2 fully saturated rings. The van der Waals surface area contributed by atoms with E-state index in [0.29, 0.717) is 45.9 Å². The Bertz CT molecular complexity index is 1840. The van der Waals surface area contributed by atoms with Crippen molar-refractivity contribution in [3.8, 4) is 0 Å². The molecule has 2 saturated heterocycles. The van der Waals surface area contributed by atoms with Gasteiger partial charge in [0.05, 0.1) is 0 Å². The summed E-state index contributed by atoms with van der Waals surface area (Å²) >= 11 is -0.142. The van der Waals surface area contributed by atoms with E-state index in [4.69, 9.17) is 47.4 Å². The fraction of sp³-hybridized carbons (Fsp3) is 0.449. The summed E-state index contributed by atoms with van der Waals surface area (Å²) in [4.78, 5) is 12.3. The van der Waals surface area contributed by atoms with Crippen LogP contribution in [0.3, 0.4) is 0 Å². The molecule has 0 saturated carbocycles. The monoisotopic (exact) mass is 904 g/mol. The van der Waals surface area contributed by atoms with Crippen molar-refractivity contribution in [2.24, 2.45) is 0 Å². The number of ether oxygens (including phenoxy) is 10. The molecular weight excluding hydrogens is 843 g/mol. The summed E-state index contributed by atoms with van der Waals surface area (Å²) in [7, 11) is 2.94. The molecule has 2 aliphatic rings. The summed E-state index contributed by atoms with van der Waals surface area (Å²) in [6, 6.07) is 40.6. The number of carbonyl (C=O) groups is 1. The van der Waals surface area contributed by atoms with Crippen LogP contribution < -0.4 is 4.46 Å². The molecule has 11 nitrogen and oxygen atoms in total. The number of methoxy groups -OCH3 is 2. The molecule has 61 heavy (non-hydrogen) atoms. The Morgan fingerprint density at radius 2 is 1.41 bits per heavy atom. The summed E-state index contributed by atoms with van der Waals surface area (Å²) in [6.45, 7) is 4.57. The summed E-state index contributed by atoms with van der Waals surface area (Å²) < 4.78 is 64.5. The van der Waals surface area contributed by atoms with Crippen molar-refractivity contribution < 1.29 is 52.2 Å². The average molecular weight is 904 g/mol. The van der Waals surface area contributed by atoms with Gasteiger partial charge in [0.25, 0.3) is 0 Å². The van der Waals surface area contributed by atoms with Gasteiger partial charge in [-0.2, -0.15) is 0 Å². The Morgan fingerprint density at radius 3 is 2.07 bits per heavy atom. The number of benzene rings is 4. The van der Waals surface area contributed by atoms with Gasteiger partial charge in [-0.05, 0) is 0 Å². The summed E-state index contributed by atoms with van der Waals surface area (Å²) in [6.07, 6.45) is 2.67. The minimum atomic E-state index is -1.10. The zero-order valence-corrected chi connectivity index (χ0v) is 37.1. The second-order valence-electron chi connectivity index (χ2n) is 15.2. The fourth-order valence-electron chi connectivity index (χ4n) is 7.53. The molecule has 0 unspecified atom stereocenters. The third-order valence-corrected chi connectivity index (χ3v) is 13.1. The van der Waals surface area contributed by atoms with Gasteiger partial charge in [-0.1, -0.05) is 12.1 Å². The second kappa shape index (κ2) is 25.3. The number of carbonyl (C=O) groups excluding carboxylic acids is 1. The van der Waals surface area contributed by atoms with E-state index in [1.54, 1.807) is 7.11 Å². The molecule has 0 bridgehead atoms. The van der Waals surface area contributed by atoms with Gasteiger partial charge in [-0.25, -0.2) is 0 Å². The second-order valence-corrected chi connectivity index (χ2v) is 17.8. The van der Waals surface area contributed by atoms with E-state index in [1.807, 2.05) is 104 Å². The number of esters is 1. The Kier molecular flexibility index (Phi) is 19.3. The first-order valence-electron chi connectivity index (χ1n) is 21.0. The Hall–Kier alpha value is -3.91. The van der Waals surface area contributed by atoms with Crippen molar-refractivity contribution in [3.63, 3.8) is 0 Å². The Balaban J connectivity index is 1.35. The predicted octanol–water partition coefficient (Wildman–Crippen LogP) is 6.92. The van der Waals surface area contributed by atoms with E-state index in [1.165, 1.54) is 23.9 Å². The van der Waals surface area contributed by atoms with Gasteiger partial charge < -0.3 is 0 Å². The summed E-state index contributed by atoms with van der Waals surface area (Å²) in [5, 5.41) is -0.265. The van der Waals surface area contributed by atoms with Crippen LogP contribution in [0.4, 0.5) is 0 Å². The average Bonchev–Trinajstić information content (AvgIpc) is 3.30. The van der Waals surface area contributed by atoms with Crippen LogP contribution in [-0.4, -0.2) is 109 Å². The number of hydrogen-bond donors (Lipinski definition) is 0. The first kappa shape index (κ1) is 46.6. The summed E-state index contributed by atoms with van der Waals surface area (Å²) in [5.41, 5.74) is 2.01. The van der Waals surface area contributed by atoms with Crippen LogP contribution in [0.2, 0.25) is 0 Å². The molecule has 0 aliphatic carbocycles. The van der Waals surface area contributed by atoms with Gasteiger partial charge in [0, 0.05) is 0 Å². The van der Waals surface area contributed by atoms with Gasteiger partial charge in [0.1, 0.15) is 0 Å². The fourth-order valence-corrected chi connectivity index (χ4v) is 9.81. The van der Waals surface area contributed by atoms with Crippen molar-refractivity contribution in [1.82, 2.24) is 0 Å². The minimum absolute atomic E-state index is 0.142. The maximum absolute atomic E-state index is 12.3. The Labute approximate surface area is 367 Å². The van der Waals surface area contributed by atoms with Crippen LogP contribution in [0, 0.1) is 0 Å². The molecule has 0 N–H and O–H groups in total. The molecule has 328 valence electrons. The molecular formula is C49H60O11Se. The van der Waals surface area contributed by atoms with Crippen molar-refractivity contribution in [2.75, 3.05) is 40.8 Å². The van der Waals surface area contributed by atoms with Crippen LogP contribution in [0.1, 0.15) is 49.3 Å². The van der Waals surface area contributed by atoms with Crippen LogP contribution >= 0.6 is 0 Å². The van der Waals surface area contributed by atoms with Gasteiger partial charge in [-0.3, -0.25) is 0 Å². The molecule has 0 radical (unpaired) electrons. The van der Waals surface area contributed by atoms with E-state index in [9.17, 15) is 4.79 Å². The SMILES string of the molecule is COCOC[C@H]1OCCC[C@@H]1O[C@H](C[C@@H](OCc1ccccc1)[C@]1(C)O[C@H](COCc2ccccc2)[C@@H](OCc2ccccc2)C[C@H]1O/C=C/C(=O)OC)[Se]c1ccccc1. The van der Waals surface area contributed by atoms with E-state index in [0.717, 1.165) is 29.5 Å².